The molecule has 0 radical (unpaired) electrons. The molecule has 0 aromatic heterocycles. The van der Waals surface area contributed by atoms with Gasteiger partial charge in [-0.2, -0.15) is 0 Å². The lowest BCUT2D eigenvalue weighted by molar-refractivity contribution is 0.0946. The van der Waals surface area contributed by atoms with E-state index in [0.29, 0.717) is 13.2 Å². The molecule has 0 saturated heterocycles. The van der Waals surface area contributed by atoms with Gasteiger partial charge in [0.15, 0.2) is 0 Å². The Bertz CT molecular complexity index is 430. The molecule has 6 heteroatoms. The number of halogens is 1. The van der Waals surface area contributed by atoms with Crippen molar-refractivity contribution < 1.29 is 9.53 Å². The van der Waals surface area contributed by atoms with E-state index < -0.39 is 0 Å². The summed E-state index contributed by atoms with van der Waals surface area (Å²) in [6.07, 6.45) is 0.855. The highest BCUT2D eigenvalue weighted by Crippen LogP contribution is 2.09. The second kappa shape index (κ2) is 12.4. The lowest BCUT2D eigenvalue weighted by atomic mass is 10.0. The van der Waals surface area contributed by atoms with E-state index >= 15 is 0 Å². The van der Waals surface area contributed by atoms with Gasteiger partial charge in [-0.15, -0.1) is 12.4 Å². The van der Waals surface area contributed by atoms with Crippen molar-refractivity contribution in [1.82, 2.24) is 15.5 Å². The molecule has 1 amide bonds. The standard InChI is InChI=1S/C16H27N3O2.ClH/c1-17-9-8-14-6-4-5-7-15(14)16(20)18-10-11-19(2)12-13-21-3;/h4-7,17H,8-13H2,1-3H3,(H,18,20);1H. The Morgan fingerprint density at radius 3 is 2.64 bits per heavy atom. The van der Waals surface area contributed by atoms with E-state index in [9.17, 15) is 4.79 Å². The van der Waals surface area contributed by atoms with Gasteiger partial charge in [0.1, 0.15) is 0 Å². The number of carbonyl (C=O) groups excluding carboxylic acids is 1. The number of rotatable bonds is 10. The number of hydrogen-bond donors (Lipinski definition) is 2. The fourth-order valence-corrected chi connectivity index (χ4v) is 2.03. The predicted molar refractivity (Wildman–Crippen MR) is 93.0 cm³/mol. The molecule has 0 heterocycles. The summed E-state index contributed by atoms with van der Waals surface area (Å²) in [4.78, 5) is 14.4. The first-order valence-corrected chi connectivity index (χ1v) is 7.37. The van der Waals surface area contributed by atoms with Crippen LogP contribution >= 0.6 is 12.4 Å². The van der Waals surface area contributed by atoms with Gasteiger partial charge in [-0.05, 0) is 38.7 Å². The largest absolute Gasteiger partial charge is 0.383 e. The molecule has 0 unspecified atom stereocenters. The summed E-state index contributed by atoms with van der Waals surface area (Å²) in [6, 6.07) is 7.77. The van der Waals surface area contributed by atoms with Crippen LogP contribution in [0.2, 0.25) is 0 Å². The highest BCUT2D eigenvalue weighted by molar-refractivity contribution is 5.95. The number of methoxy groups -OCH3 is 1. The van der Waals surface area contributed by atoms with Gasteiger partial charge in [0.2, 0.25) is 0 Å². The van der Waals surface area contributed by atoms with E-state index in [0.717, 1.165) is 37.2 Å². The highest BCUT2D eigenvalue weighted by Gasteiger charge is 2.10. The molecular formula is C16H28ClN3O2. The number of hydrogen-bond acceptors (Lipinski definition) is 4. The van der Waals surface area contributed by atoms with Gasteiger partial charge >= 0.3 is 0 Å². The average Bonchev–Trinajstić information content (AvgIpc) is 2.51. The summed E-state index contributed by atoms with van der Waals surface area (Å²) in [5, 5.41) is 6.09. The van der Waals surface area contributed by atoms with Crippen molar-refractivity contribution in [2.75, 3.05) is 54.0 Å². The molecule has 0 saturated carbocycles. The second-order valence-electron chi connectivity index (χ2n) is 5.06. The Morgan fingerprint density at radius 1 is 1.23 bits per heavy atom. The van der Waals surface area contributed by atoms with Gasteiger partial charge in [-0.3, -0.25) is 4.79 Å². The molecule has 1 rings (SSSR count). The average molecular weight is 330 g/mol. The maximum Gasteiger partial charge on any atom is 0.251 e. The summed E-state index contributed by atoms with van der Waals surface area (Å²) in [6.45, 7) is 3.89. The topological polar surface area (TPSA) is 53.6 Å². The van der Waals surface area contributed by atoms with E-state index in [1.54, 1.807) is 7.11 Å². The Hall–Kier alpha value is -1.14. The van der Waals surface area contributed by atoms with Gasteiger partial charge in [0, 0.05) is 32.3 Å². The second-order valence-corrected chi connectivity index (χ2v) is 5.06. The SMILES string of the molecule is CNCCc1ccccc1C(=O)NCCN(C)CCOC.Cl. The lowest BCUT2D eigenvalue weighted by Crippen LogP contribution is -2.34. The smallest absolute Gasteiger partial charge is 0.251 e. The van der Waals surface area contributed by atoms with Crippen molar-refractivity contribution in [3.8, 4) is 0 Å². The third kappa shape index (κ3) is 7.75. The lowest BCUT2D eigenvalue weighted by Gasteiger charge is -2.16. The number of nitrogens with one attached hydrogen (secondary N) is 2. The van der Waals surface area contributed by atoms with Crippen molar-refractivity contribution >= 4 is 18.3 Å². The van der Waals surface area contributed by atoms with Crippen LogP contribution in [0.4, 0.5) is 0 Å². The van der Waals surface area contributed by atoms with E-state index in [1.165, 1.54) is 0 Å². The molecule has 22 heavy (non-hydrogen) atoms. The Labute approximate surface area is 139 Å². The Morgan fingerprint density at radius 2 is 1.95 bits per heavy atom. The van der Waals surface area contributed by atoms with Crippen molar-refractivity contribution in [1.29, 1.82) is 0 Å². The maximum atomic E-state index is 12.2. The fourth-order valence-electron chi connectivity index (χ4n) is 2.03. The van der Waals surface area contributed by atoms with Gasteiger partial charge in [-0.1, -0.05) is 18.2 Å². The predicted octanol–water partition coefficient (Wildman–Crippen LogP) is 1.18. The van der Waals surface area contributed by atoms with Crippen LogP contribution in [-0.4, -0.2) is 64.8 Å². The summed E-state index contributed by atoms with van der Waals surface area (Å²) >= 11 is 0. The molecule has 0 bridgehead atoms. The first-order valence-electron chi connectivity index (χ1n) is 7.37. The van der Waals surface area contributed by atoms with Crippen molar-refractivity contribution in [2.24, 2.45) is 0 Å². The third-order valence-corrected chi connectivity index (χ3v) is 3.36. The van der Waals surface area contributed by atoms with E-state index in [-0.39, 0.29) is 18.3 Å². The van der Waals surface area contributed by atoms with Crippen LogP contribution in [0.3, 0.4) is 0 Å². The van der Waals surface area contributed by atoms with Crippen LogP contribution in [-0.2, 0) is 11.2 Å². The quantitative estimate of drug-likeness (QED) is 0.677. The zero-order chi connectivity index (χ0) is 15.5. The Kier molecular flexibility index (Phi) is 11.8. The van der Waals surface area contributed by atoms with Gasteiger partial charge < -0.3 is 20.3 Å². The van der Waals surface area contributed by atoms with Crippen LogP contribution < -0.4 is 10.6 Å². The summed E-state index contributed by atoms with van der Waals surface area (Å²) in [5.41, 5.74) is 1.85. The molecule has 1 aromatic carbocycles. The molecule has 126 valence electrons. The minimum Gasteiger partial charge on any atom is -0.383 e. The third-order valence-electron chi connectivity index (χ3n) is 3.36. The maximum absolute atomic E-state index is 12.2. The zero-order valence-electron chi connectivity index (χ0n) is 13.7. The molecule has 0 aliphatic heterocycles. The molecule has 0 fully saturated rings. The zero-order valence-corrected chi connectivity index (χ0v) is 14.5. The highest BCUT2D eigenvalue weighted by atomic mass is 35.5. The number of ether oxygens (including phenoxy) is 1. The fraction of sp³-hybridized carbons (Fsp3) is 0.562. The van der Waals surface area contributed by atoms with E-state index in [4.69, 9.17) is 4.74 Å². The van der Waals surface area contributed by atoms with Crippen LogP contribution in [0.25, 0.3) is 0 Å². The van der Waals surface area contributed by atoms with Gasteiger partial charge in [0.25, 0.3) is 5.91 Å². The molecule has 0 spiro atoms. The number of benzene rings is 1. The van der Waals surface area contributed by atoms with Crippen molar-refractivity contribution in [3.63, 3.8) is 0 Å². The Balaban J connectivity index is 0.00000441. The van der Waals surface area contributed by atoms with Crippen LogP contribution in [0.1, 0.15) is 15.9 Å². The van der Waals surface area contributed by atoms with Gasteiger partial charge in [-0.25, -0.2) is 0 Å². The molecule has 2 N–H and O–H groups in total. The molecule has 1 aromatic rings. The minimum atomic E-state index is 0. The van der Waals surface area contributed by atoms with E-state index in [1.807, 2.05) is 38.4 Å². The normalized spacial score (nSPS) is 10.4. The summed E-state index contributed by atoms with van der Waals surface area (Å²) in [7, 11) is 5.63. The van der Waals surface area contributed by atoms with Crippen LogP contribution in [0.15, 0.2) is 24.3 Å². The van der Waals surface area contributed by atoms with E-state index in [2.05, 4.69) is 15.5 Å². The first kappa shape index (κ1) is 20.9. The number of nitrogens with zero attached hydrogens (tertiary/aromatic N) is 1. The monoisotopic (exact) mass is 329 g/mol. The molecule has 0 atom stereocenters. The van der Waals surface area contributed by atoms with Crippen molar-refractivity contribution in [2.45, 2.75) is 6.42 Å². The van der Waals surface area contributed by atoms with Crippen molar-refractivity contribution in [3.05, 3.63) is 35.4 Å². The number of likely N-dealkylation sites (N-methyl/N-ethyl adjacent to an activating group) is 2. The molecule has 0 aliphatic rings. The molecule has 5 nitrogen and oxygen atoms in total. The molecular weight excluding hydrogens is 302 g/mol. The summed E-state index contributed by atoms with van der Waals surface area (Å²) in [5.74, 6) is 0.00171. The summed E-state index contributed by atoms with van der Waals surface area (Å²) < 4.78 is 5.03. The molecule has 0 aliphatic carbocycles. The van der Waals surface area contributed by atoms with Crippen LogP contribution in [0.5, 0.6) is 0 Å². The van der Waals surface area contributed by atoms with Crippen LogP contribution in [0, 0.1) is 0 Å². The number of amides is 1. The van der Waals surface area contributed by atoms with Gasteiger partial charge in [0.05, 0.1) is 6.61 Å². The first-order chi connectivity index (χ1) is 10.2. The minimum absolute atomic E-state index is 0. The number of carbonyl (C=O) groups is 1.